The molecule has 0 heterocycles. The van der Waals surface area contributed by atoms with Gasteiger partial charge in [-0.3, -0.25) is 0 Å². The Bertz CT molecular complexity index is 2520. The van der Waals surface area contributed by atoms with Crippen molar-refractivity contribution in [3.63, 3.8) is 0 Å². The van der Waals surface area contributed by atoms with Crippen LogP contribution in [0.3, 0.4) is 0 Å². The van der Waals surface area contributed by atoms with Gasteiger partial charge in [-0.1, -0.05) is 227 Å². The molecule has 0 amide bonds. The maximum Gasteiger partial charge on any atom is 0 e. The number of hydrogen-bond donors (Lipinski definition) is 0. The minimum atomic E-state index is 0. The fourth-order valence-corrected chi connectivity index (χ4v) is 10.5. The first-order valence-corrected chi connectivity index (χ1v) is 32.8. The number of benzene rings is 8. The van der Waals surface area contributed by atoms with Gasteiger partial charge in [-0.2, -0.15) is 160 Å². The molecule has 2 aliphatic rings. The molecule has 0 bridgehead atoms. The smallest absolute Gasteiger partial charge is 0 e. The second-order valence-electron chi connectivity index (χ2n) is 24.4. The number of hydrogen-bond acceptors (Lipinski definition) is 0. The van der Waals surface area contributed by atoms with E-state index in [4.69, 9.17) is 21.3 Å². The monoisotopic (exact) mass is 1530 g/mol. The van der Waals surface area contributed by atoms with Crippen LogP contribution in [0.15, 0.2) is 218 Å². The Kier molecular flexibility index (Phi) is 42.9. The van der Waals surface area contributed by atoms with Gasteiger partial charge in [0.25, 0.3) is 0 Å². The molecule has 0 saturated heterocycles. The van der Waals surface area contributed by atoms with Gasteiger partial charge in [0.05, 0.1) is 0 Å². The molecule has 2 saturated carbocycles. The molecule has 4 atom stereocenters. The standard InChI is InChI=1S/C42H66N4.6C7H7.2Hf/c1-29(2)33-19-17-20-34(30(3)4)41(33)45-39-25-13-9-11-23-37(39)43-27-15-16-28-44-38-24-12-10-14-26-40(38)46-42-35(31(5)6)21-18-22-36(42)32(7)8;6*1-7-5-3-2-4-6-7;;/h17-22,29-32,37-40H,9-16,23-28H2,1-8H3;6*2-6H,1H2;;/q-4;6*-1;;. The van der Waals surface area contributed by atoms with Crippen molar-refractivity contribution in [1.29, 1.82) is 0 Å². The van der Waals surface area contributed by atoms with Crippen molar-refractivity contribution in [2.75, 3.05) is 13.1 Å². The molecule has 4 unspecified atom stereocenters. The molecule has 10 rings (SSSR count). The average Bonchev–Trinajstić information content (AvgIpc) is 1.41. The molecule has 0 spiro atoms. The van der Waals surface area contributed by atoms with E-state index >= 15 is 0 Å². The summed E-state index contributed by atoms with van der Waals surface area (Å²) in [6, 6.07) is 74.2. The van der Waals surface area contributed by atoms with Crippen LogP contribution in [0.5, 0.6) is 0 Å². The van der Waals surface area contributed by atoms with E-state index < -0.39 is 0 Å². The van der Waals surface area contributed by atoms with E-state index in [1.54, 1.807) is 0 Å². The van der Waals surface area contributed by atoms with Crippen LogP contribution in [0.25, 0.3) is 21.3 Å². The van der Waals surface area contributed by atoms with Crippen molar-refractivity contribution in [3.8, 4) is 0 Å². The Morgan fingerprint density at radius 3 is 0.656 bits per heavy atom. The van der Waals surface area contributed by atoms with Gasteiger partial charge in [0.2, 0.25) is 0 Å². The van der Waals surface area contributed by atoms with Crippen LogP contribution in [0.2, 0.25) is 0 Å². The summed E-state index contributed by atoms with van der Waals surface area (Å²) in [6.07, 6.45) is 14.7. The normalized spacial score (nSPS) is 15.6. The van der Waals surface area contributed by atoms with Gasteiger partial charge >= 0.3 is 0 Å². The summed E-state index contributed by atoms with van der Waals surface area (Å²) >= 11 is 0. The second kappa shape index (κ2) is 48.1. The summed E-state index contributed by atoms with van der Waals surface area (Å²) in [4.78, 5) is 0. The van der Waals surface area contributed by atoms with Crippen LogP contribution in [0.1, 0.15) is 212 Å². The van der Waals surface area contributed by atoms with E-state index in [0.717, 1.165) is 59.3 Å². The van der Waals surface area contributed by atoms with E-state index in [1.807, 2.05) is 182 Å². The summed E-state index contributed by atoms with van der Waals surface area (Å²) < 4.78 is 0. The van der Waals surface area contributed by atoms with Crippen LogP contribution in [0.4, 0.5) is 11.4 Å². The van der Waals surface area contributed by atoms with Crippen molar-refractivity contribution in [3.05, 3.63) is 337 Å². The van der Waals surface area contributed by atoms with Crippen LogP contribution in [-0.2, 0) is 51.7 Å². The van der Waals surface area contributed by atoms with Crippen LogP contribution >= 0.6 is 0 Å². The van der Waals surface area contributed by atoms with Gasteiger partial charge in [-0.25, -0.2) is 0 Å². The van der Waals surface area contributed by atoms with E-state index in [-0.39, 0.29) is 51.7 Å². The van der Waals surface area contributed by atoms with E-state index in [0.29, 0.717) is 47.8 Å². The summed E-state index contributed by atoms with van der Waals surface area (Å²) in [5.74, 6) is 1.91. The second-order valence-corrected chi connectivity index (χ2v) is 24.4. The Morgan fingerprint density at radius 1 is 0.278 bits per heavy atom. The summed E-state index contributed by atoms with van der Waals surface area (Å²) in [5.41, 5.74) is 14.5. The molecule has 482 valence electrons. The fraction of sp³-hybridized carbons (Fsp3) is 0.357. The van der Waals surface area contributed by atoms with E-state index in [9.17, 15) is 0 Å². The molecule has 0 aromatic heterocycles. The van der Waals surface area contributed by atoms with E-state index in [1.165, 1.54) is 97.8 Å². The zero-order valence-corrected chi connectivity index (χ0v) is 63.5. The summed E-state index contributed by atoms with van der Waals surface area (Å²) in [7, 11) is 0. The van der Waals surface area contributed by atoms with Crippen LogP contribution in [-0.4, -0.2) is 37.3 Å². The third-order valence-corrected chi connectivity index (χ3v) is 15.5. The SMILES string of the molecule is CC(C)c1cccc(C(C)C)c1[N-]C1CCCCCC1[N-]CCCC[N-]C1CCCCCC1[N-]c1c(C(C)C)cccc1C(C)C.[CH2-]c1ccccc1.[CH2-]c1ccccc1.[CH2-]c1ccccc1.[CH2-]c1ccccc1.[CH2-]c1ccccc1.[CH2-]c1ccccc1.[Hf].[Hf]. The zero-order chi connectivity index (χ0) is 63.7. The first-order valence-electron chi connectivity index (χ1n) is 32.8. The predicted molar refractivity (Wildman–Crippen MR) is 388 cm³/mol. The molecule has 2 fully saturated rings. The quantitative estimate of drug-likeness (QED) is 0.0425. The van der Waals surface area contributed by atoms with Crippen LogP contribution in [0, 0.1) is 41.5 Å². The third kappa shape index (κ3) is 33.5. The first-order chi connectivity index (χ1) is 42.5. The van der Waals surface area contributed by atoms with Gasteiger partial charge in [-0.05, 0) is 23.7 Å². The average molecular weight is 1530 g/mol. The molecule has 6 heteroatoms. The van der Waals surface area contributed by atoms with Gasteiger partial charge < -0.3 is 21.3 Å². The zero-order valence-electron chi connectivity index (χ0n) is 56.3. The van der Waals surface area contributed by atoms with Gasteiger partial charge in [0.15, 0.2) is 0 Å². The molecule has 2 aliphatic carbocycles. The predicted octanol–water partition coefficient (Wildman–Crippen LogP) is 25.0. The van der Waals surface area contributed by atoms with Gasteiger partial charge in [0.1, 0.15) is 0 Å². The molecule has 4 nitrogen and oxygen atoms in total. The molecule has 90 heavy (non-hydrogen) atoms. The van der Waals surface area contributed by atoms with Crippen molar-refractivity contribution in [2.24, 2.45) is 0 Å². The summed E-state index contributed by atoms with van der Waals surface area (Å²) in [6.45, 7) is 42.6. The van der Waals surface area contributed by atoms with Gasteiger partial charge in [0, 0.05) is 51.7 Å². The van der Waals surface area contributed by atoms with Gasteiger partial charge in [-0.15, -0.1) is 109 Å². The number of unbranched alkanes of at least 4 members (excludes halogenated alkanes) is 1. The van der Waals surface area contributed by atoms with Crippen LogP contribution < -0.4 is 0 Å². The molecule has 0 N–H and O–H groups in total. The molecule has 0 radical (unpaired) electrons. The van der Waals surface area contributed by atoms with Crippen molar-refractivity contribution >= 4 is 11.4 Å². The third-order valence-electron chi connectivity index (χ3n) is 15.5. The maximum atomic E-state index is 5.54. The number of rotatable bonds is 15. The minimum Gasteiger partial charge on any atom is -0.682 e. The molecule has 8 aromatic rings. The first kappa shape index (κ1) is 80.3. The van der Waals surface area contributed by atoms with E-state index in [2.05, 4.69) is 133 Å². The molecular weight excluding hydrogens is 1420 g/mol. The summed E-state index contributed by atoms with van der Waals surface area (Å²) in [5, 5.41) is 21.8. The number of para-hydroxylation sites is 2. The fourth-order valence-electron chi connectivity index (χ4n) is 10.5. The Balaban J connectivity index is 0.000000491. The number of nitrogens with zero attached hydrogens (tertiary/aromatic N) is 4. The Labute approximate surface area is 588 Å². The Hall–Kier alpha value is -5.76. The maximum absolute atomic E-state index is 5.54. The van der Waals surface area contributed by atoms with Crippen molar-refractivity contribution < 1.29 is 51.7 Å². The Morgan fingerprint density at radius 2 is 0.478 bits per heavy atom. The van der Waals surface area contributed by atoms with Crippen molar-refractivity contribution in [1.82, 2.24) is 0 Å². The largest absolute Gasteiger partial charge is 0.682 e. The topological polar surface area (TPSA) is 56.4 Å². The van der Waals surface area contributed by atoms with Crippen molar-refractivity contribution in [2.45, 2.75) is 180 Å². The molecule has 8 aromatic carbocycles. The molecule has 0 aliphatic heterocycles. The minimum absolute atomic E-state index is 0. The molecular formula is C84H108Hf2N4-10.